The number of thiophene rings is 1. The summed E-state index contributed by atoms with van der Waals surface area (Å²) in [5.41, 5.74) is 1.93. The van der Waals surface area contributed by atoms with Crippen molar-refractivity contribution in [3.05, 3.63) is 52.7 Å². The van der Waals surface area contributed by atoms with E-state index in [0.717, 1.165) is 21.3 Å². The summed E-state index contributed by atoms with van der Waals surface area (Å²) in [6, 6.07) is 9.83. The van der Waals surface area contributed by atoms with Crippen LogP contribution in [0.1, 0.15) is 27.7 Å². The summed E-state index contributed by atoms with van der Waals surface area (Å²) >= 11 is 1.36. The lowest BCUT2D eigenvalue weighted by Crippen LogP contribution is -2.22. The first kappa shape index (κ1) is 15.4. The molecule has 2 heterocycles. The van der Waals surface area contributed by atoms with Gasteiger partial charge in [0.2, 0.25) is 5.88 Å². The van der Waals surface area contributed by atoms with Gasteiger partial charge in [-0.1, -0.05) is 30.3 Å². The van der Waals surface area contributed by atoms with Crippen LogP contribution in [0.3, 0.4) is 0 Å². The average Bonchev–Trinajstić information content (AvgIpc) is 2.92. The second-order valence-corrected chi connectivity index (χ2v) is 6.02. The van der Waals surface area contributed by atoms with Gasteiger partial charge in [-0.2, -0.15) is 0 Å². The number of amides is 1. The predicted molar refractivity (Wildman–Crippen MR) is 90.9 cm³/mol. The number of nitrogens with one attached hydrogen (secondary N) is 1. The van der Waals surface area contributed by atoms with Crippen LogP contribution in [0.25, 0.3) is 10.2 Å². The second-order valence-electron chi connectivity index (χ2n) is 5.02. The van der Waals surface area contributed by atoms with Gasteiger partial charge in [-0.05, 0) is 25.0 Å². The topological polar surface area (TPSA) is 64.1 Å². The average molecular weight is 327 g/mol. The van der Waals surface area contributed by atoms with Gasteiger partial charge in [0.05, 0.1) is 16.9 Å². The smallest absolute Gasteiger partial charge is 0.261 e. The van der Waals surface area contributed by atoms with Crippen molar-refractivity contribution < 1.29 is 9.53 Å². The lowest BCUT2D eigenvalue weighted by molar-refractivity contribution is 0.0954. The summed E-state index contributed by atoms with van der Waals surface area (Å²) < 4.78 is 5.55. The van der Waals surface area contributed by atoms with Crippen LogP contribution >= 0.6 is 11.3 Å². The van der Waals surface area contributed by atoms with Gasteiger partial charge in [0, 0.05) is 6.54 Å². The maximum Gasteiger partial charge on any atom is 0.261 e. The van der Waals surface area contributed by atoms with Crippen LogP contribution in [0.4, 0.5) is 0 Å². The monoisotopic (exact) mass is 327 g/mol. The zero-order valence-electron chi connectivity index (χ0n) is 13.0. The van der Waals surface area contributed by atoms with Crippen molar-refractivity contribution in [3.63, 3.8) is 0 Å². The number of benzene rings is 1. The molecule has 0 aliphatic heterocycles. The number of rotatable bonds is 5. The van der Waals surface area contributed by atoms with Crippen LogP contribution < -0.4 is 10.1 Å². The van der Waals surface area contributed by atoms with Crippen molar-refractivity contribution in [2.24, 2.45) is 0 Å². The van der Waals surface area contributed by atoms with Crippen LogP contribution in [-0.4, -0.2) is 22.5 Å². The molecule has 5 nitrogen and oxygen atoms in total. The van der Waals surface area contributed by atoms with Crippen molar-refractivity contribution in [1.29, 1.82) is 0 Å². The molecule has 0 spiro atoms. The molecule has 0 unspecified atom stereocenters. The van der Waals surface area contributed by atoms with E-state index in [4.69, 9.17) is 4.74 Å². The highest BCUT2D eigenvalue weighted by Gasteiger charge is 2.19. The van der Waals surface area contributed by atoms with Gasteiger partial charge >= 0.3 is 0 Å². The lowest BCUT2D eigenvalue weighted by atomic mass is 10.2. The fourth-order valence-electron chi connectivity index (χ4n) is 2.36. The number of ether oxygens (including phenoxy) is 1. The SMILES string of the molecule is CCOc1ncnc2sc(C(=O)NCc3ccccc3)c(C)c12. The third-order valence-electron chi connectivity index (χ3n) is 3.48. The molecule has 1 amide bonds. The fraction of sp³-hybridized carbons (Fsp3) is 0.235. The van der Waals surface area contributed by atoms with Gasteiger partial charge < -0.3 is 10.1 Å². The summed E-state index contributed by atoms with van der Waals surface area (Å²) in [5.74, 6) is 0.435. The molecule has 0 atom stereocenters. The maximum atomic E-state index is 12.5. The van der Waals surface area contributed by atoms with Crippen LogP contribution in [0.5, 0.6) is 5.88 Å². The summed E-state index contributed by atoms with van der Waals surface area (Å²) in [6.07, 6.45) is 1.47. The Bertz CT molecular complexity index is 830. The Kier molecular flexibility index (Phi) is 4.52. The van der Waals surface area contributed by atoms with Crippen molar-refractivity contribution in [1.82, 2.24) is 15.3 Å². The van der Waals surface area contributed by atoms with Crippen molar-refractivity contribution in [2.45, 2.75) is 20.4 Å². The van der Waals surface area contributed by atoms with E-state index >= 15 is 0 Å². The molecule has 6 heteroatoms. The van der Waals surface area contributed by atoms with Gasteiger partial charge in [0.25, 0.3) is 5.91 Å². The van der Waals surface area contributed by atoms with Crippen molar-refractivity contribution in [3.8, 4) is 5.88 Å². The summed E-state index contributed by atoms with van der Waals surface area (Å²) in [5, 5.41) is 3.77. The molecule has 0 saturated carbocycles. The van der Waals surface area contributed by atoms with Gasteiger partial charge in [0.1, 0.15) is 11.2 Å². The third kappa shape index (κ3) is 3.17. The highest BCUT2D eigenvalue weighted by molar-refractivity contribution is 7.20. The molecular weight excluding hydrogens is 310 g/mol. The molecule has 3 rings (SSSR count). The molecule has 0 aliphatic carbocycles. The largest absolute Gasteiger partial charge is 0.477 e. The van der Waals surface area contributed by atoms with Gasteiger partial charge in [-0.25, -0.2) is 9.97 Å². The van der Waals surface area contributed by atoms with E-state index in [0.29, 0.717) is 23.9 Å². The minimum Gasteiger partial charge on any atom is -0.477 e. The maximum absolute atomic E-state index is 12.5. The Morgan fingerprint density at radius 1 is 1.26 bits per heavy atom. The molecule has 1 aromatic carbocycles. The Balaban J connectivity index is 1.86. The number of fused-ring (bicyclic) bond motifs is 1. The first-order chi connectivity index (χ1) is 11.2. The highest BCUT2D eigenvalue weighted by atomic mass is 32.1. The van der Waals surface area contributed by atoms with E-state index in [1.165, 1.54) is 17.7 Å². The number of carbonyl (C=O) groups is 1. The molecule has 3 aromatic rings. The van der Waals surface area contributed by atoms with Gasteiger partial charge in [-0.3, -0.25) is 4.79 Å². The van der Waals surface area contributed by atoms with E-state index in [2.05, 4.69) is 15.3 Å². The van der Waals surface area contributed by atoms with E-state index in [9.17, 15) is 4.79 Å². The number of hydrogen-bond acceptors (Lipinski definition) is 5. The third-order valence-corrected chi connectivity index (χ3v) is 4.67. The van der Waals surface area contributed by atoms with Crippen molar-refractivity contribution >= 4 is 27.5 Å². The fourth-order valence-corrected chi connectivity index (χ4v) is 3.42. The normalized spacial score (nSPS) is 10.7. The second kappa shape index (κ2) is 6.75. The zero-order valence-corrected chi connectivity index (χ0v) is 13.8. The zero-order chi connectivity index (χ0) is 16.2. The minimum atomic E-state index is -0.100. The van der Waals surface area contributed by atoms with Crippen LogP contribution in [0.15, 0.2) is 36.7 Å². The molecule has 0 aliphatic rings. The summed E-state index contributed by atoms with van der Waals surface area (Å²) in [6.45, 7) is 4.83. The first-order valence-corrected chi connectivity index (χ1v) is 8.21. The number of nitrogens with zero attached hydrogens (tertiary/aromatic N) is 2. The van der Waals surface area contributed by atoms with E-state index in [1.807, 2.05) is 44.2 Å². The number of aromatic nitrogens is 2. The molecule has 118 valence electrons. The van der Waals surface area contributed by atoms with Crippen LogP contribution in [0.2, 0.25) is 0 Å². The molecular formula is C17H17N3O2S. The lowest BCUT2D eigenvalue weighted by Gasteiger charge is -2.05. The highest BCUT2D eigenvalue weighted by Crippen LogP contribution is 2.34. The van der Waals surface area contributed by atoms with E-state index < -0.39 is 0 Å². The van der Waals surface area contributed by atoms with Gasteiger partial charge in [0.15, 0.2) is 0 Å². The predicted octanol–water partition coefficient (Wildman–Crippen LogP) is 3.33. The minimum absolute atomic E-state index is 0.100. The quantitative estimate of drug-likeness (QED) is 0.781. The summed E-state index contributed by atoms with van der Waals surface area (Å²) in [7, 11) is 0. The Labute approximate surface area is 138 Å². The number of hydrogen-bond donors (Lipinski definition) is 1. The molecule has 23 heavy (non-hydrogen) atoms. The van der Waals surface area contributed by atoms with E-state index in [1.54, 1.807) is 0 Å². The molecule has 0 fully saturated rings. The molecule has 2 aromatic heterocycles. The van der Waals surface area contributed by atoms with Crippen LogP contribution in [-0.2, 0) is 6.54 Å². The van der Waals surface area contributed by atoms with Crippen molar-refractivity contribution in [2.75, 3.05) is 6.61 Å². The Hall–Kier alpha value is -2.47. The first-order valence-electron chi connectivity index (χ1n) is 7.39. The van der Waals surface area contributed by atoms with E-state index in [-0.39, 0.29) is 5.91 Å². The molecule has 1 N–H and O–H groups in total. The van der Waals surface area contributed by atoms with Gasteiger partial charge in [-0.15, -0.1) is 11.3 Å². The Morgan fingerprint density at radius 2 is 2.04 bits per heavy atom. The molecule has 0 saturated heterocycles. The Morgan fingerprint density at radius 3 is 2.78 bits per heavy atom. The molecule has 0 radical (unpaired) electrons. The molecule has 0 bridgehead atoms. The number of carbonyl (C=O) groups excluding carboxylic acids is 1. The summed E-state index contributed by atoms with van der Waals surface area (Å²) in [4.78, 5) is 22.3. The standard InChI is InChI=1S/C17H17N3O2S/c1-3-22-16-13-11(2)14(23-17(13)20-10-19-16)15(21)18-9-12-7-5-4-6-8-12/h4-8,10H,3,9H2,1-2H3,(H,18,21). The van der Waals surface area contributed by atoms with Crippen LogP contribution in [0, 0.1) is 6.92 Å². The number of aryl methyl sites for hydroxylation is 1.